The molecule has 6 nitrogen and oxygen atoms in total. The minimum atomic E-state index is 0.118. The first-order valence-corrected chi connectivity index (χ1v) is 10.3. The standard InChI is InChI=1S/C25H22N4O2/c1-5-19(16-26-9-1)22(20-6-2-10-27-17-20)14-18-4-3-11-28-25(18)29-21-7-8-23-24(15-21)31-13-12-30-23/h1-11,15-17,22H,12-14H2,(H,28,29). The molecule has 0 saturated carbocycles. The van der Waals surface area contributed by atoms with Gasteiger partial charge in [-0.1, -0.05) is 18.2 Å². The number of nitrogens with one attached hydrogen (secondary N) is 1. The number of ether oxygens (including phenoxy) is 2. The molecular formula is C25H22N4O2. The first-order chi connectivity index (χ1) is 15.4. The molecule has 1 aliphatic rings. The molecule has 4 aromatic rings. The summed E-state index contributed by atoms with van der Waals surface area (Å²) >= 11 is 0. The minimum Gasteiger partial charge on any atom is -0.486 e. The Hall–Kier alpha value is -3.93. The van der Waals surface area contributed by atoms with Crippen LogP contribution in [0, 0.1) is 0 Å². The van der Waals surface area contributed by atoms with Crippen LogP contribution in [0.3, 0.4) is 0 Å². The van der Waals surface area contributed by atoms with Gasteiger partial charge in [0.15, 0.2) is 11.5 Å². The topological polar surface area (TPSA) is 69.2 Å². The first kappa shape index (κ1) is 19.1. The van der Waals surface area contributed by atoms with Crippen LogP contribution in [0.25, 0.3) is 0 Å². The molecule has 1 N–H and O–H groups in total. The molecule has 3 aromatic heterocycles. The quantitative estimate of drug-likeness (QED) is 0.494. The van der Waals surface area contributed by atoms with E-state index in [4.69, 9.17) is 9.47 Å². The minimum absolute atomic E-state index is 0.118. The number of nitrogens with zero attached hydrogens (tertiary/aromatic N) is 3. The van der Waals surface area contributed by atoms with Crippen LogP contribution in [0.15, 0.2) is 85.6 Å². The van der Waals surface area contributed by atoms with Crippen LogP contribution in [-0.2, 0) is 6.42 Å². The molecule has 0 fully saturated rings. The highest BCUT2D eigenvalue weighted by Crippen LogP contribution is 2.35. The molecule has 0 bridgehead atoms. The number of rotatable bonds is 6. The highest BCUT2D eigenvalue weighted by atomic mass is 16.6. The fraction of sp³-hybridized carbons (Fsp3) is 0.160. The van der Waals surface area contributed by atoms with E-state index >= 15 is 0 Å². The predicted octanol–water partition coefficient (Wildman–Crippen LogP) is 4.76. The summed E-state index contributed by atoms with van der Waals surface area (Å²) in [5.74, 6) is 2.45. The van der Waals surface area contributed by atoms with E-state index in [1.165, 1.54) is 0 Å². The Morgan fingerprint density at radius 2 is 1.52 bits per heavy atom. The van der Waals surface area contributed by atoms with Gasteiger partial charge in [-0.05, 0) is 53.4 Å². The fourth-order valence-corrected chi connectivity index (χ4v) is 3.79. The van der Waals surface area contributed by atoms with E-state index in [1.807, 2.05) is 48.8 Å². The first-order valence-electron chi connectivity index (χ1n) is 10.3. The van der Waals surface area contributed by atoms with Crippen molar-refractivity contribution in [3.8, 4) is 11.5 Å². The molecule has 1 aromatic carbocycles. The van der Waals surface area contributed by atoms with E-state index in [0.717, 1.165) is 46.1 Å². The molecule has 154 valence electrons. The Kier molecular flexibility index (Phi) is 5.43. The molecule has 0 saturated heterocycles. The molecule has 0 unspecified atom stereocenters. The summed E-state index contributed by atoms with van der Waals surface area (Å²) in [5.41, 5.74) is 4.30. The summed E-state index contributed by atoms with van der Waals surface area (Å²) in [6.07, 6.45) is 9.99. The van der Waals surface area contributed by atoms with E-state index in [1.54, 1.807) is 18.6 Å². The number of pyridine rings is 3. The normalized spacial score (nSPS) is 12.5. The summed E-state index contributed by atoms with van der Waals surface area (Å²) in [6, 6.07) is 18.1. The van der Waals surface area contributed by atoms with Crippen molar-refractivity contribution >= 4 is 11.5 Å². The third-order valence-corrected chi connectivity index (χ3v) is 5.29. The maximum Gasteiger partial charge on any atom is 0.163 e. The lowest BCUT2D eigenvalue weighted by Gasteiger charge is -2.21. The smallest absolute Gasteiger partial charge is 0.163 e. The zero-order valence-electron chi connectivity index (χ0n) is 16.9. The van der Waals surface area contributed by atoms with Crippen LogP contribution in [0.5, 0.6) is 11.5 Å². The molecule has 0 spiro atoms. The number of aromatic nitrogens is 3. The second-order valence-electron chi connectivity index (χ2n) is 7.32. The van der Waals surface area contributed by atoms with Gasteiger partial charge in [0.25, 0.3) is 0 Å². The molecule has 1 aliphatic heterocycles. The predicted molar refractivity (Wildman–Crippen MR) is 119 cm³/mol. The maximum absolute atomic E-state index is 5.71. The second kappa shape index (κ2) is 8.83. The van der Waals surface area contributed by atoms with Crippen molar-refractivity contribution in [1.82, 2.24) is 15.0 Å². The summed E-state index contributed by atoms with van der Waals surface area (Å²) in [5, 5.41) is 3.45. The van der Waals surface area contributed by atoms with Crippen molar-refractivity contribution in [2.24, 2.45) is 0 Å². The molecule has 4 heterocycles. The van der Waals surface area contributed by atoms with E-state index in [-0.39, 0.29) is 5.92 Å². The monoisotopic (exact) mass is 410 g/mol. The average molecular weight is 410 g/mol. The third kappa shape index (κ3) is 4.33. The van der Waals surface area contributed by atoms with E-state index in [9.17, 15) is 0 Å². The van der Waals surface area contributed by atoms with Crippen molar-refractivity contribution in [2.75, 3.05) is 18.5 Å². The zero-order valence-corrected chi connectivity index (χ0v) is 16.9. The highest BCUT2D eigenvalue weighted by molar-refractivity contribution is 5.63. The Balaban J connectivity index is 1.45. The van der Waals surface area contributed by atoms with Gasteiger partial charge in [0.1, 0.15) is 19.0 Å². The number of hydrogen-bond acceptors (Lipinski definition) is 6. The summed E-state index contributed by atoms with van der Waals surface area (Å²) < 4.78 is 11.3. The SMILES string of the molecule is c1cncc(C(Cc2cccnc2Nc2ccc3c(c2)OCCO3)c2cccnc2)c1. The lowest BCUT2D eigenvalue weighted by molar-refractivity contribution is 0.171. The molecule has 0 radical (unpaired) electrons. The molecular weight excluding hydrogens is 388 g/mol. The van der Waals surface area contributed by atoms with E-state index in [2.05, 4.69) is 38.5 Å². The number of fused-ring (bicyclic) bond motifs is 1. The highest BCUT2D eigenvalue weighted by Gasteiger charge is 2.18. The lowest BCUT2D eigenvalue weighted by atomic mass is 9.87. The van der Waals surface area contributed by atoms with Gasteiger partial charge in [0, 0.05) is 48.7 Å². The molecule has 0 atom stereocenters. The van der Waals surface area contributed by atoms with Crippen molar-refractivity contribution in [3.63, 3.8) is 0 Å². The van der Waals surface area contributed by atoms with Crippen molar-refractivity contribution in [1.29, 1.82) is 0 Å². The van der Waals surface area contributed by atoms with E-state index in [0.29, 0.717) is 13.2 Å². The van der Waals surface area contributed by atoms with Crippen LogP contribution < -0.4 is 14.8 Å². The lowest BCUT2D eigenvalue weighted by Crippen LogP contribution is -2.15. The molecule has 0 aliphatic carbocycles. The van der Waals surface area contributed by atoms with Crippen LogP contribution in [0.4, 0.5) is 11.5 Å². The van der Waals surface area contributed by atoms with Gasteiger partial charge in [-0.25, -0.2) is 4.98 Å². The van der Waals surface area contributed by atoms with Crippen molar-refractivity contribution in [3.05, 3.63) is 102 Å². The Morgan fingerprint density at radius 3 is 2.23 bits per heavy atom. The Labute approximate surface area is 180 Å². The van der Waals surface area contributed by atoms with Gasteiger partial charge in [0.05, 0.1) is 0 Å². The summed E-state index contributed by atoms with van der Waals surface area (Å²) in [6.45, 7) is 1.14. The fourth-order valence-electron chi connectivity index (χ4n) is 3.79. The Morgan fingerprint density at radius 1 is 0.806 bits per heavy atom. The van der Waals surface area contributed by atoms with Gasteiger partial charge in [-0.3, -0.25) is 9.97 Å². The second-order valence-corrected chi connectivity index (χ2v) is 7.32. The van der Waals surface area contributed by atoms with Crippen LogP contribution >= 0.6 is 0 Å². The van der Waals surface area contributed by atoms with Gasteiger partial charge >= 0.3 is 0 Å². The molecule has 31 heavy (non-hydrogen) atoms. The van der Waals surface area contributed by atoms with Gasteiger partial charge in [-0.15, -0.1) is 0 Å². The van der Waals surface area contributed by atoms with Crippen LogP contribution in [-0.4, -0.2) is 28.2 Å². The van der Waals surface area contributed by atoms with Crippen molar-refractivity contribution < 1.29 is 9.47 Å². The zero-order chi connectivity index (χ0) is 20.9. The van der Waals surface area contributed by atoms with Gasteiger partial charge < -0.3 is 14.8 Å². The summed E-state index contributed by atoms with van der Waals surface area (Å²) in [7, 11) is 0. The van der Waals surface area contributed by atoms with Crippen LogP contribution in [0.2, 0.25) is 0 Å². The molecule has 5 rings (SSSR count). The maximum atomic E-state index is 5.71. The van der Waals surface area contributed by atoms with Gasteiger partial charge in [-0.2, -0.15) is 0 Å². The number of anilines is 2. The third-order valence-electron chi connectivity index (χ3n) is 5.29. The summed E-state index contributed by atoms with van der Waals surface area (Å²) in [4.78, 5) is 13.3. The Bertz CT molecular complexity index is 1110. The number of hydrogen-bond donors (Lipinski definition) is 1. The number of benzene rings is 1. The van der Waals surface area contributed by atoms with Crippen molar-refractivity contribution in [2.45, 2.75) is 12.3 Å². The average Bonchev–Trinajstić information content (AvgIpc) is 2.84. The van der Waals surface area contributed by atoms with Gasteiger partial charge in [0.2, 0.25) is 0 Å². The van der Waals surface area contributed by atoms with E-state index < -0.39 is 0 Å². The largest absolute Gasteiger partial charge is 0.486 e. The molecule has 0 amide bonds. The van der Waals surface area contributed by atoms with Crippen LogP contribution in [0.1, 0.15) is 22.6 Å². The molecule has 6 heteroatoms.